The van der Waals surface area contributed by atoms with Gasteiger partial charge < -0.3 is 14.7 Å². The molecule has 112 valence electrons. The van der Waals surface area contributed by atoms with Gasteiger partial charge in [0.05, 0.1) is 6.20 Å². The van der Waals surface area contributed by atoms with Gasteiger partial charge in [-0.1, -0.05) is 0 Å². The third-order valence-corrected chi connectivity index (χ3v) is 3.48. The van der Waals surface area contributed by atoms with Crippen molar-refractivity contribution < 1.29 is 14.6 Å². The van der Waals surface area contributed by atoms with Crippen LogP contribution in [0, 0.1) is 5.92 Å². The second-order valence-corrected chi connectivity index (χ2v) is 6.38. The Balaban J connectivity index is 2.08. The van der Waals surface area contributed by atoms with Crippen molar-refractivity contribution in [1.29, 1.82) is 0 Å². The number of aliphatic hydroxyl groups excluding tert-OH is 1. The predicted molar refractivity (Wildman–Crippen MR) is 74.3 cm³/mol. The maximum absolute atomic E-state index is 12.1. The standard InChI is InChI=1S/C14H23N3O3/c1-14(2,3)20-13(19)17-7-11(9-18)12(8-17)10-5-15-16(4)6-10/h5-6,11-12,18H,7-9H2,1-4H3/t11-,12-/m0/s1. The summed E-state index contributed by atoms with van der Waals surface area (Å²) in [6.07, 6.45) is 3.42. The monoisotopic (exact) mass is 281 g/mol. The second kappa shape index (κ2) is 5.44. The van der Waals surface area contributed by atoms with Gasteiger partial charge in [0.25, 0.3) is 0 Å². The van der Waals surface area contributed by atoms with Gasteiger partial charge in [-0.25, -0.2) is 4.79 Å². The van der Waals surface area contributed by atoms with Crippen molar-refractivity contribution in [2.24, 2.45) is 13.0 Å². The molecule has 1 N–H and O–H groups in total. The largest absolute Gasteiger partial charge is 0.444 e. The number of hydrogen-bond acceptors (Lipinski definition) is 4. The van der Waals surface area contributed by atoms with Gasteiger partial charge in [-0.05, 0) is 26.3 Å². The molecule has 6 heteroatoms. The number of aromatic nitrogens is 2. The van der Waals surface area contributed by atoms with Gasteiger partial charge in [-0.2, -0.15) is 5.10 Å². The maximum atomic E-state index is 12.1. The summed E-state index contributed by atoms with van der Waals surface area (Å²) >= 11 is 0. The molecule has 0 aromatic carbocycles. The third-order valence-electron chi connectivity index (χ3n) is 3.48. The minimum absolute atomic E-state index is 0.0340. The smallest absolute Gasteiger partial charge is 0.410 e. The fourth-order valence-corrected chi connectivity index (χ4v) is 2.54. The zero-order valence-electron chi connectivity index (χ0n) is 12.5. The van der Waals surface area contributed by atoms with E-state index in [-0.39, 0.29) is 24.5 Å². The van der Waals surface area contributed by atoms with Crippen LogP contribution < -0.4 is 0 Å². The van der Waals surface area contributed by atoms with Crippen molar-refractivity contribution in [1.82, 2.24) is 14.7 Å². The molecule has 1 aromatic heterocycles. The predicted octanol–water partition coefficient (Wildman–Crippen LogP) is 1.36. The van der Waals surface area contributed by atoms with Crippen LogP contribution in [0.15, 0.2) is 12.4 Å². The van der Waals surface area contributed by atoms with Crippen molar-refractivity contribution in [2.45, 2.75) is 32.3 Å². The number of rotatable bonds is 2. The minimum Gasteiger partial charge on any atom is -0.444 e. The number of aliphatic hydroxyl groups is 1. The van der Waals surface area contributed by atoms with E-state index >= 15 is 0 Å². The number of hydrogen-bond donors (Lipinski definition) is 1. The van der Waals surface area contributed by atoms with Crippen molar-refractivity contribution in [2.75, 3.05) is 19.7 Å². The number of nitrogens with zero attached hydrogens (tertiary/aromatic N) is 3. The molecule has 0 saturated carbocycles. The molecule has 2 heterocycles. The van der Waals surface area contributed by atoms with Crippen LogP contribution in [0.1, 0.15) is 32.3 Å². The van der Waals surface area contributed by atoms with E-state index in [4.69, 9.17) is 4.74 Å². The van der Waals surface area contributed by atoms with Crippen molar-refractivity contribution in [3.63, 3.8) is 0 Å². The first-order valence-corrected chi connectivity index (χ1v) is 6.87. The van der Waals surface area contributed by atoms with Gasteiger partial charge in [0.15, 0.2) is 0 Å². The van der Waals surface area contributed by atoms with E-state index in [9.17, 15) is 9.90 Å². The molecule has 1 aromatic rings. The Morgan fingerprint density at radius 1 is 1.50 bits per heavy atom. The molecular formula is C14H23N3O3. The molecule has 1 aliphatic rings. The number of carbonyl (C=O) groups excluding carboxylic acids is 1. The lowest BCUT2D eigenvalue weighted by atomic mass is 9.92. The fraction of sp³-hybridized carbons (Fsp3) is 0.714. The van der Waals surface area contributed by atoms with Gasteiger partial charge in [0, 0.05) is 44.8 Å². The molecule has 0 radical (unpaired) electrons. The number of aryl methyl sites for hydroxylation is 1. The van der Waals surface area contributed by atoms with Gasteiger partial charge in [0.2, 0.25) is 0 Å². The Hall–Kier alpha value is -1.56. The van der Waals surface area contributed by atoms with E-state index < -0.39 is 5.60 Å². The van der Waals surface area contributed by atoms with Crippen molar-refractivity contribution >= 4 is 6.09 Å². The summed E-state index contributed by atoms with van der Waals surface area (Å²) in [6, 6.07) is 0. The SMILES string of the molecule is Cn1cc([C@@H]2CN(C(=O)OC(C)(C)C)C[C@H]2CO)cn1. The van der Waals surface area contributed by atoms with Crippen LogP contribution >= 0.6 is 0 Å². The molecule has 0 aliphatic carbocycles. The van der Waals surface area contributed by atoms with Crippen LogP contribution in [0.3, 0.4) is 0 Å². The Morgan fingerprint density at radius 2 is 2.20 bits per heavy atom. The summed E-state index contributed by atoms with van der Waals surface area (Å²) in [5.74, 6) is 0.146. The first-order valence-electron chi connectivity index (χ1n) is 6.87. The average molecular weight is 281 g/mol. The Kier molecular flexibility index (Phi) is 4.04. The number of ether oxygens (including phenoxy) is 1. The Bertz CT molecular complexity index is 478. The molecule has 2 rings (SSSR count). The lowest BCUT2D eigenvalue weighted by molar-refractivity contribution is 0.0283. The van der Waals surface area contributed by atoms with E-state index in [1.807, 2.05) is 34.0 Å². The van der Waals surface area contributed by atoms with E-state index in [1.165, 1.54) is 0 Å². The van der Waals surface area contributed by atoms with E-state index in [0.29, 0.717) is 13.1 Å². The molecular weight excluding hydrogens is 258 g/mol. The highest BCUT2D eigenvalue weighted by molar-refractivity contribution is 5.68. The normalized spacial score (nSPS) is 23.1. The lowest BCUT2D eigenvalue weighted by Gasteiger charge is -2.24. The molecule has 0 bridgehead atoms. The van der Waals surface area contributed by atoms with Gasteiger partial charge >= 0.3 is 6.09 Å². The van der Waals surface area contributed by atoms with Crippen LogP contribution in [0.2, 0.25) is 0 Å². The van der Waals surface area contributed by atoms with E-state index in [0.717, 1.165) is 5.56 Å². The lowest BCUT2D eigenvalue weighted by Crippen LogP contribution is -2.35. The number of likely N-dealkylation sites (tertiary alicyclic amines) is 1. The molecule has 0 spiro atoms. The zero-order chi connectivity index (χ0) is 14.9. The van der Waals surface area contributed by atoms with Crippen LogP contribution in [-0.2, 0) is 11.8 Å². The molecule has 1 saturated heterocycles. The molecule has 1 fully saturated rings. The summed E-state index contributed by atoms with van der Waals surface area (Å²) in [4.78, 5) is 13.8. The zero-order valence-corrected chi connectivity index (χ0v) is 12.5. The van der Waals surface area contributed by atoms with Gasteiger partial charge in [0.1, 0.15) is 5.60 Å². The summed E-state index contributed by atoms with van der Waals surface area (Å²) < 4.78 is 7.12. The quantitative estimate of drug-likeness (QED) is 0.889. The molecule has 1 aliphatic heterocycles. The first kappa shape index (κ1) is 14.8. The average Bonchev–Trinajstić information content (AvgIpc) is 2.92. The topological polar surface area (TPSA) is 67.6 Å². The van der Waals surface area contributed by atoms with Crippen LogP contribution in [-0.4, -0.2) is 51.2 Å². The van der Waals surface area contributed by atoms with Gasteiger partial charge in [-0.15, -0.1) is 0 Å². The highest BCUT2D eigenvalue weighted by Crippen LogP contribution is 2.32. The minimum atomic E-state index is -0.502. The van der Waals surface area contributed by atoms with E-state index in [2.05, 4.69) is 5.10 Å². The Morgan fingerprint density at radius 3 is 2.70 bits per heavy atom. The maximum Gasteiger partial charge on any atom is 0.410 e. The molecule has 1 amide bonds. The second-order valence-electron chi connectivity index (χ2n) is 6.38. The number of amides is 1. The summed E-state index contributed by atoms with van der Waals surface area (Å²) in [6.45, 7) is 6.69. The Labute approximate surface area is 119 Å². The highest BCUT2D eigenvalue weighted by atomic mass is 16.6. The molecule has 20 heavy (non-hydrogen) atoms. The highest BCUT2D eigenvalue weighted by Gasteiger charge is 2.38. The first-order chi connectivity index (χ1) is 9.30. The van der Waals surface area contributed by atoms with Gasteiger partial charge in [-0.3, -0.25) is 4.68 Å². The third kappa shape index (κ3) is 3.30. The van der Waals surface area contributed by atoms with Crippen LogP contribution in [0.4, 0.5) is 4.79 Å². The van der Waals surface area contributed by atoms with Crippen molar-refractivity contribution in [3.05, 3.63) is 18.0 Å². The van der Waals surface area contributed by atoms with E-state index in [1.54, 1.807) is 15.8 Å². The summed E-state index contributed by atoms with van der Waals surface area (Å²) in [7, 11) is 1.86. The molecule has 0 unspecified atom stereocenters. The van der Waals surface area contributed by atoms with Crippen molar-refractivity contribution in [3.8, 4) is 0 Å². The summed E-state index contributed by atoms with van der Waals surface area (Å²) in [5, 5.41) is 13.7. The molecule has 2 atom stereocenters. The van der Waals surface area contributed by atoms with Crippen LogP contribution in [0.5, 0.6) is 0 Å². The fourth-order valence-electron chi connectivity index (χ4n) is 2.54. The summed E-state index contributed by atoms with van der Waals surface area (Å²) in [5.41, 5.74) is 0.552. The molecule has 6 nitrogen and oxygen atoms in total. The van der Waals surface area contributed by atoms with Crippen LogP contribution in [0.25, 0.3) is 0 Å². The number of carbonyl (C=O) groups is 1.